The van der Waals surface area contributed by atoms with E-state index in [1.165, 1.54) is 16.7 Å². The summed E-state index contributed by atoms with van der Waals surface area (Å²) in [5.74, 6) is 1.30. The van der Waals surface area contributed by atoms with Crippen LogP contribution in [-0.4, -0.2) is 25.1 Å². The van der Waals surface area contributed by atoms with Crippen molar-refractivity contribution in [1.29, 1.82) is 0 Å². The molecule has 3 rings (SSSR count). The third-order valence-corrected chi connectivity index (χ3v) is 6.23. The summed E-state index contributed by atoms with van der Waals surface area (Å²) in [6.07, 6.45) is 2.74. The maximum atomic E-state index is 13.0. The summed E-state index contributed by atoms with van der Waals surface area (Å²) in [4.78, 5) is 24.5. The zero-order chi connectivity index (χ0) is 28.2. The molecule has 0 heterocycles. The van der Waals surface area contributed by atoms with Crippen molar-refractivity contribution < 1.29 is 23.8 Å². The van der Waals surface area contributed by atoms with Gasteiger partial charge in [-0.05, 0) is 87.9 Å². The van der Waals surface area contributed by atoms with Crippen LogP contribution in [0.4, 0.5) is 5.69 Å². The smallest absolute Gasteiger partial charge is 0.305 e. The van der Waals surface area contributed by atoms with Gasteiger partial charge in [0.1, 0.15) is 17.6 Å². The van der Waals surface area contributed by atoms with Crippen molar-refractivity contribution >= 4 is 17.6 Å². The molecular weight excluding hydrogens is 490 g/mol. The Morgan fingerprint density at radius 2 is 1.59 bits per heavy atom. The number of amides is 1. The van der Waals surface area contributed by atoms with E-state index in [0.717, 1.165) is 18.6 Å². The van der Waals surface area contributed by atoms with Crippen molar-refractivity contribution in [3.63, 3.8) is 0 Å². The fourth-order valence-electron chi connectivity index (χ4n) is 4.37. The molecule has 1 amide bonds. The molecule has 3 aromatic carbocycles. The first kappa shape index (κ1) is 29.8. The van der Waals surface area contributed by atoms with E-state index >= 15 is 0 Å². The summed E-state index contributed by atoms with van der Waals surface area (Å²) < 4.78 is 17.2. The number of hydrogen-bond donors (Lipinski definition) is 1. The molecule has 0 saturated heterocycles. The highest BCUT2D eigenvalue weighted by atomic mass is 16.5. The Kier molecular flexibility index (Phi) is 11.4. The Bertz CT molecular complexity index is 1200. The van der Waals surface area contributed by atoms with Gasteiger partial charge in [-0.15, -0.1) is 0 Å². The predicted octanol–water partition coefficient (Wildman–Crippen LogP) is 7.83. The Balaban J connectivity index is 1.63. The van der Waals surface area contributed by atoms with Gasteiger partial charge in [0.15, 0.2) is 0 Å². The number of nitrogens with one attached hydrogen (secondary N) is 1. The maximum absolute atomic E-state index is 13.0. The van der Waals surface area contributed by atoms with Gasteiger partial charge in [-0.25, -0.2) is 0 Å². The van der Waals surface area contributed by atoms with E-state index in [-0.39, 0.29) is 24.4 Å². The maximum Gasteiger partial charge on any atom is 0.305 e. The topological polar surface area (TPSA) is 73.9 Å². The third-order valence-electron chi connectivity index (χ3n) is 6.23. The zero-order valence-electron chi connectivity index (χ0n) is 23.8. The van der Waals surface area contributed by atoms with Gasteiger partial charge in [0.2, 0.25) is 0 Å². The highest BCUT2D eigenvalue weighted by Gasteiger charge is 2.16. The van der Waals surface area contributed by atoms with Gasteiger partial charge in [0, 0.05) is 12.1 Å². The summed E-state index contributed by atoms with van der Waals surface area (Å²) in [6, 6.07) is 21.1. The van der Waals surface area contributed by atoms with E-state index < -0.39 is 0 Å². The molecular formula is C33H41NO5. The average molecular weight is 532 g/mol. The minimum absolute atomic E-state index is 0.0423. The minimum atomic E-state index is -0.269. The van der Waals surface area contributed by atoms with Crippen LogP contribution in [-0.2, 0) is 9.53 Å². The van der Waals surface area contributed by atoms with E-state index in [2.05, 4.69) is 51.2 Å². The molecule has 0 radical (unpaired) electrons. The van der Waals surface area contributed by atoms with Crippen LogP contribution in [0.3, 0.4) is 0 Å². The molecule has 208 valence electrons. The van der Waals surface area contributed by atoms with Crippen LogP contribution in [0.15, 0.2) is 66.7 Å². The lowest BCUT2D eigenvalue weighted by Gasteiger charge is -2.22. The highest BCUT2D eigenvalue weighted by molar-refractivity contribution is 6.06. The number of benzene rings is 3. The Labute approximate surface area is 232 Å². The molecule has 0 aliphatic heterocycles. The van der Waals surface area contributed by atoms with Crippen molar-refractivity contribution in [2.24, 2.45) is 5.92 Å². The molecule has 6 nitrogen and oxygen atoms in total. The van der Waals surface area contributed by atoms with Crippen molar-refractivity contribution in [2.75, 3.05) is 18.5 Å². The Hall–Kier alpha value is -3.80. The van der Waals surface area contributed by atoms with E-state index in [0.29, 0.717) is 42.6 Å². The van der Waals surface area contributed by atoms with Crippen molar-refractivity contribution in [2.45, 2.75) is 66.4 Å². The van der Waals surface area contributed by atoms with Gasteiger partial charge in [0.25, 0.3) is 5.91 Å². The fourth-order valence-corrected chi connectivity index (χ4v) is 4.37. The van der Waals surface area contributed by atoms with Crippen molar-refractivity contribution in [1.82, 2.24) is 0 Å². The number of hydrogen-bond acceptors (Lipinski definition) is 5. The predicted molar refractivity (Wildman–Crippen MR) is 156 cm³/mol. The summed E-state index contributed by atoms with van der Waals surface area (Å²) in [5, 5.41) is 2.94. The normalized spacial score (nSPS) is 11.6. The van der Waals surface area contributed by atoms with Crippen LogP contribution in [0.5, 0.6) is 11.5 Å². The van der Waals surface area contributed by atoms with Gasteiger partial charge in [0.05, 0.1) is 18.8 Å². The molecule has 0 spiro atoms. The lowest BCUT2D eigenvalue weighted by Crippen LogP contribution is -2.14. The molecule has 1 atom stereocenters. The first-order valence-electron chi connectivity index (χ1n) is 13.8. The van der Waals surface area contributed by atoms with Gasteiger partial charge in [-0.2, -0.15) is 0 Å². The average Bonchev–Trinajstić information content (AvgIpc) is 2.89. The zero-order valence-corrected chi connectivity index (χ0v) is 23.8. The third kappa shape index (κ3) is 9.78. The van der Waals surface area contributed by atoms with Crippen LogP contribution in [0, 0.1) is 19.8 Å². The highest BCUT2D eigenvalue weighted by Crippen LogP contribution is 2.30. The first-order chi connectivity index (χ1) is 18.7. The second-order valence-electron chi connectivity index (χ2n) is 10.2. The molecule has 0 bridgehead atoms. The number of carbonyl (C=O) groups is 2. The minimum Gasteiger partial charge on any atom is -0.493 e. The SMILES string of the molecule is CCOC(=O)CCCOc1ccccc1C(=O)Nc1ccc(OC(CCC(C)C)c2cc(C)cc(C)c2)cc1. The largest absolute Gasteiger partial charge is 0.493 e. The van der Waals surface area contributed by atoms with Crippen LogP contribution in [0.25, 0.3) is 0 Å². The van der Waals surface area contributed by atoms with Crippen LogP contribution < -0.4 is 14.8 Å². The lowest BCUT2D eigenvalue weighted by atomic mass is 9.97. The number of anilines is 1. The molecule has 1 N–H and O–H groups in total. The van der Waals surface area contributed by atoms with E-state index in [1.807, 2.05) is 30.3 Å². The van der Waals surface area contributed by atoms with Crippen molar-refractivity contribution in [3.8, 4) is 11.5 Å². The van der Waals surface area contributed by atoms with E-state index in [1.54, 1.807) is 25.1 Å². The summed E-state index contributed by atoms with van der Waals surface area (Å²) >= 11 is 0. The van der Waals surface area contributed by atoms with Crippen LogP contribution >= 0.6 is 0 Å². The van der Waals surface area contributed by atoms with E-state index in [9.17, 15) is 9.59 Å². The Morgan fingerprint density at radius 1 is 0.897 bits per heavy atom. The second kappa shape index (κ2) is 15.0. The fraction of sp³-hybridized carbons (Fsp3) is 0.394. The van der Waals surface area contributed by atoms with Crippen molar-refractivity contribution in [3.05, 3.63) is 89.0 Å². The van der Waals surface area contributed by atoms with Gasteiger partial charge in [-0.1, -0.05) is 55.3 Å². The number of carbonyl (C=O) groups excluding carboxylic acids is 2. The van der Waals surface area contributed by atoms with Gasteiger partial charge in [-0.3, -0.25) is 9.59 Å². The number of para-hydroxylation sites is 1. The number of ether oxygens (including phenoxy) is 3. The lowest BCUT2D eigenvalue weighted by molar-refractivity contribution is -0.143. The summed E-state index contributed by atoms with van der Waals surface area (Å²) in [6.45, 7) is 11.1. The molecule has 3 aromatic rings. The number of esters is 1. The molecule has 1 unspecified atom stereocenters. The second-order valence-corrected chi connectivity index (χ2v) is 10.2. The standard InChI is InChI=1S/C33H41NO5/c1-6-37-32(35)12-9-19-38-31-11-8-7-10-29(31)33(36)34-27-14-16-28(17-15-27)39-30(18-13-23(2)3)26-21-24(4)20-25(5)22-26/h7-8,10-11,14-17,20-23,30H,6,9,12-13,18-19H2,1-5H3,(H,34,36). The quantitative estimate of drug-likeness (QED) is 0.169. The molecule has 0 fully saturated rings. The summed E-state index contributed by atoms with van der Waals surface area (Å²) in [7, 11) is 0. The first-order valence-corrected chi connectivity index (χ1v) is 13.8. The van der Waals surface area contributed by atoms with Gasteiger partial charge < -0.3 is 19.5 Å². The molecule has 0 aliphatic rings. The van der Waals surface area contributed by atoms with Gasteiger partial charge >= 0.3 is 5.97 Å². The number of aryl methyl sites for hydroxylation is 2. The molecule has 39 heavy (non-hydrogen) atoms. The molecule has 0 saturated carbocycles. The monoisotopic (exact) mass is 531 g/mol. The van der Waals surface area contributed by atoms with Crippen LogP contribution in [0.1, 0.15) is 79.6 Å². The van der Waals surface area contributed by atoms with Crippen LogP contribution in [0.2, 0.25) is 0 Å². The molecule has 0 aliphatic carbocycles. The Morgan fingerprint density at radius 3 is 2.26 bits per heavy atom. The molecule has 6 heteroatoms. The summed E-state index contributed by atoms with van der Waals surface area (Å²) in [5.41, 5.74) is 4.73. The van der Waals surface area contributed by atoms with E-state index in [4.69, 9.17) is 14.2 Å². The molecule has 0 aromatic heterocycles. The number of rotatable bonds is 14.